The molecule has 0 heterocycles. The van der Waals surface area contributed by atoms with Gasteiger partial charge in [0.1, 0.15) is 5.75 Å². The number of hydrogen-bond donors (Lipinski definition) is 1. The number of hydrogen-bond acceptors (Lipinski definition) is 6. The van der Waals surface area contributed by atoms with Gasteiger partial charge in [-0.15, -0.1) is 0 Å². The lowest BCUT2D eigenvalue weighted by Crippen LogP contribution is -2.28. The highest BCUT2D eigenvalue weighted by Crippen LogP contribution is 2.26. The maximum Gasteiger partial charge on any atom is 0.534 e. The predicted molar refractivity (Wildman–Crippen MR) is 80.2 cm³/mol. The van der Waals surface area contributed by atoms with Gasteiger partial charge in [0, 0.05) is 24.9 Å². The van der Waals surface area contributed by atoms with Crippen LogP contribution in [0.1, 0.15) is 12.5 Å². The second-order valence-electron chi connectivity index (χ2n) is 4.10. The molecule has 24 heavy (non-hydrogen) atoms. The van der Waals surface area contributed by atoms with E-state index in [0.717, 1.165) is 5.56 Å². The Hall–Kier alpha value is -1.21. The summed E-state index contributed by atoms with van der Waals surface area (Å²) in [6.45, 7) is 2.61. The van der Waals surface area contributed by atoms with Crippen LogP contribution in [0.5, 0.6) is 5.75 Å². The molecular formula is C12H17F3NO6S2-. The first-order chi connectivity index (χ1) is 11.0. The van der Waals surface area contributed by atoms with Crippen molar-refractivity contribution in [2.24, 2.45) is 0 Å². The fourth-order valence-corrected chi connectivity index (χ4v) is 1.89. The van der Waals surface area contributed by atoms with E-state index < -0.39 is 26.9 Å². The molecule has 1 N–H and O–H groups in total. The molecule has 0 saturated heterocycles. The minimum Gasteiger partial charge on any atom is -0.760 e. The monoisotopic (exact) mass is 392 g/mol. The van der Waals surface area contributed by atoms with E-state index in [1.165, 1.54) is 31.4 Å². The van der Waals surface area contributed by atoms with Crippen LogP contribution in [0.3, 0.4) is 0 Å². The lowest BCUT2D eigenvalue weighted by atomic mass is 10.2. The van der Waals surface area contributed by atoms with Gasteiger partial charge in [-0.05, 0) is 24.1 Å². The van der Waals surface area contributed by atoms with E-state index in [2.05, 4.69) is 13.6 Å². The zero-order valence-electron chi connectivity index (χ0n) is 12.8. The van der Waals surface area contributed by atoms with Crippen LogP contribution in [-0.2, 0) is 32.5 Å². The van der Waals surface area contributed by atoms with Gasteiger partial charge in [0.2, 0.25) is 0 Å². The maximum atomic E-state index is 12.0. The van der Waals surface area contributed by atoms with Crippen LogP contribution in [0.25, 0.3) is 0 Å². The summed E-state index contributed by atoms with van der Waals surface area (Å²) in [6.07, 6.45) is 0.701. The molecule has 0 fully saturated rings. The topological polar surface area (TPSA) is 105 Å². The van der Waals surface area contributed by atoms with Gasteiger partial charge in [-0.1, -0.05) is 19.1 Å². The van der Waals surface area contributed by atoms with E-state index >= 15 is 0 Å². The van der Waals surface area contributed by atoms with Crippen molar-refractivity contribution in [2.75, 3.05) is 20.3 Å². The van der Waals surface area contributed by atoms with Crippen LogP contribution >= 0.6 is 0 Å². The molecule has 0 bridgehead atoms. The van der Waals surface area contributed by atoms with Crippen molar-refractivity contribution in [1.82, 2.24) is 4.72 Å². The minimum atomic E-state index is -5.57. The summed E-state index contributed by atoms with van der Waals surface area (Å²) >= 11 is -2.15. The third-order valence-electron chi connectivity index (χ3n) is 2.35. The quantitative estimate of drug-likeness (QED) is 0.326. The summed E-state index contributed by atoms with van der Waals surface area (Å²) in [7, 11) is -4.06. The summed E-state index contributed by atoms with van der Waals surface area (Å²) in [4.78, 5) is 0. The molecule has 0 aliphatic rings. The summed E-state index contributed by atoms with van der Waals surface area (Å²) in [5.74, 6) is -0.352. The molecule has 12 heteroatoms. The van der Waals surface area contributed by atoms with Crippen molar-refractivity contribution in [1.29, 1.82) is 0 Å². The van der Waals surface area contributed by atoms with Gasteiger partial charge >= 0.3 is 15.6 Å². The molecule has 1 aromatic carbocycles. The Bertz CT molecular complexity index is 604. The highest BCUT2D eigenvalue weighted by Gasteiger charge is 2.48. The molecule has 140 valence electrons. The Kier molecular flexibility index (Phi) is 10.1. The molecule has 7 nitrogen and oxygen atoms in total. The van der Waals surface area contributed by atoms with Gasteiger partial charge in [-0.2, -0.15) is 21.6 Å². The SMILES string of the molecule is CCc1ccc(OS(=O)(=O)C(F)(F)F)cc1.COCCNS(=O)[O-]. The largest absolute Gasteiger partial charge is 0.760 e. The Morgan fingerprint density at radius 3 is 2.17 bits per heavy atom. The number of alkyl halides is 3. The predicted octanol–water partition coefficient (Wildman–Crippen LogP) is 1.49. The molecular weight excluding hydrogens is 375 g/mol. The smallest absolute Gasteiger partial charge is 0.534 e. The standard InChI is InChI=1S/C9H9F3O3S.C3H9NO3S/c1-2-7-3-5-8(6-4-7)15-16(13,14)9(10,11)12;1-7-3-2-4-8(5)6/h3-6H,2H2,1H3;4H,2-3H2,1H3,(H,5,6)/p-1. The third kappa shape index (κ3) is 9.17. The van der Waals surface area contributed by atoms with Crippen molar-refractivity contribution in [3.8, 4) is 5.75 Å². The molecule has 0 spiro atoms. The third-order valence-corrected chi connectivity index (χ3v) is 3.77. The average Bonchev–Trinajstić information content (AvgIpc) is 2.47. The second kappa shape index (κ2) is 10.6. The number of benzene rings is 1. The van der Waals surface area contributed by atoms with Crippen molar-refractivity contribution in [3.63, 3.8) is 0 Å². The molecule has 0 aliphatic carbocycles. The van der Waals surface area contributed by atoms with Crippen LogP contribution in [0.4, 0.5) is 13.2 Å². The van der Waals surface area contributed by atoms with Crippen LogP contribution in [0.2, 0.25) is 0 Å². The van der Waals surface area contributed by atoms with E-state index in [-0.39, 0.29) is 5.75 Å². The molecule has 0 saturated carbocycles. The zero-order chi connectivity index (χ0) is 18.8. The first-order valence-corrected chi connectivity index (χ1v) is 8.93. The normalized spacial score (nSPS) is 12.9. The van der Waals surface area contributed by atoms with E-state index in [1.807, 2.05) is 6.92 Å². The number of rotatable bonds is 7. The lowest BCUT2D eigenvalue weighted by Gasteiger charge is -2.09. The van der Waals surface area contributed by atoms with E-state index in [1.54, 1.807) is 0 Å². The number of methoxy groups -OCH3 is 1. The Morgan fingerprint density at radius 1 is 1.25 bits per heavy atom. The summed E-state index contributed by atoms with van der Waals surface area (Å²) in [5, 5.41) is 0. The molecule has 0 aromatic heterocycles. The summed E-state index contributed by atoms with van der Waals surface area (Å²) in [6, 6.07) is 5.37. The van der Waals surface area contributed by atoms with Crippen molar-refractivity contribution < 1.29 is 39.3 Å². The molecule has 1 rings (SSSR count). The van der Waals surface area contributed by atoms with Crippen molar-refractivity contribution in [3.05, 3.63) is 29.8 Å². The first-order valence-electron chi connectivity index (χ1n) is 6.45. The van der Waals surface area contributed by atoms with Gasteiger partial charge in [-0.3, -0.25) is 4.21 Å². The summed E-state index contributed by atoms with van der Waals surface area (Å²) < 4.78 is 87.1. The number of halogens is 3. The van der Waals surface area contributed by atoms with Gasteiger partial charge in [0.15, 0.2) is 0 Å². The highest BCUT2D eigenvalue weighted by molar-refractivity contribution is 7.88. The molecule has 0 aliphatic heterocycles. The minimum absolute atomic E-state index is 0.340. The van der Waals surface area contributed by atoms with Gasteiger partial charge in [-0.25, -0.2) is 4.72 Å². The number of aryl methyl sites for hydroxylation is 1. The van der Waals surface area contributed by atoms with Crippen LogP contribution in [0.15, 0.2) is 24.3 Å². The maximum absolute atomic E-state index is 12.0. The summed E-state index contributed by atoms with van der Waals surface area (Å²) in [5.41, 5.74) is -4.53. The zero-order valence-corrected chi connectivity index (χ0v) is 14.5. The average molecular weight is 392 g/mol. The molecule has 0 amide bonds. The van der Waals surface area contributed by atoms with Crippen molar-refractivity contribution in [2.45, 2.75) is 18.9 Å². The van der Waals surface area contributed by atoms with E-state index in [4.69, 9.17) is 0 Å². The van der Waals surface area contributed by atoms with E-state index in [9.17, 15) is 30.4 Å². The Balaban J connectivity index is 0.000000561. The van der Waals surface area contributed by atoms with Crippen molar-refractivity contribution >= 4 is 21.4 Å². The first kappa shape index (κ1) is 22.8. The number of ether oxygens (including phenoxy) is 1. The lowest BCUT2D eigenvalue weighted by molar-refractivity contribution is -0.0500. The molecule has 1 atom stereocenters. The van der Waals surface area contributed by atoms with Crippen LogP contribution < -0.4 is 8.91 Å². The van der Waals surface area contributed by atoms with Crippen LogP contribution in [-0.4, -0.2) is 42.9 Å². The molecule has 1 aromatic rings. The van der Waals surface area contributed by atoms with Crippen LogP contribution in [0, 0.1) is 0 Å². The Labute approximate surface area is 140 Å². The Morgan fingerprint density at radius 2 is 1.79 bits per heavy atom. The van der Waals surface area contributed by atoms with Gasteiger partial charge < -0.3 is 13.5 Å². The molecule has 1 unspecified atom stereocenters. The number of nitrogens with one attached hydrogen (secondary N) is 1. The second-order valence-corrected chi connectivity index (χ2v) is 6.40. The fraction of sp³-hybridized carbons (Fsp3) is 0.500. The highest BCUT2D eigenvalue weighted by atomic mass is 32.2. The van der Waals surface area contributed by atoms with Gasteiger partial charge in [0.25, 0.3) is 0 Å². The van der Waals surface area contributed by atoms with E-state index in [0.29, 0.717) is 19.6 Å². The fourth-order valence-electron chi connectivity index (χ4n) is 1.18. The van der Waals surface area contributed by atoms with Gasteiger partial charge in [0.05, 0.1) is 6.61 Å². The molecule has 0 radical (unpaired) electrons.